The Labute approximate surface area is 54.2 Å². The molecular formula is C3H3IN2O. The Hall–Kier alpha value is -0.130. The van der Waals surface area contributed by atoms with E-state index < -0.39 is 0 Å². The molecule has 1 aromatic rings. The molecule has 0 aliphatic carbocycles. The third-order valence-corrected chi connectivity index (χ3v) is 1.57. The Kier molecular flexibility index (Phi) is 1.27. The van der Waals surface area contributed by atoms with Crippen molar-refractivity contribution in [3.8, 4) is 0 Å². The summed E-state index contributed by atoms with van der Waals surface area (Å²) in [4.78, 5) is 0. The molecule has 0 unspecified atom stereocenters. The van der Waals surface area contributed by atoms with E-state index in [0.717, 1.165) is 9.46 Å². The fraction of sp³-hybridized carbons (Fsp3) is 0.333. The van der Waals surface area contributed by atoms with E-state index in [1.807, 2.05) is 29.5 Å². The molecule has 0 bridgehead atoms. The predicted molar refractivity (Wildman–Crippen MR) is 31.8 cm³/mol. The van der Waals surface area contributed by atoms with Gasteiger partial charge in [0.2, 0.25) is 3.77 Å². The molecule has 1 aromatic heterocycles. The van der Waals surface area contributed by atoms with Crippen molar-refractivity contribution in [2.75, 3.05) is 0 Å². The maximum atomic E-state index is 4.59. The van der Waals surface area contributed by atoms with E-state index in [0.29, 0.717) is 0 Å². The standard InChI is InChI=1S/C3H3IN2O/c1-2-3(4)7-6-5-2/h1H3. The van der Waals surface area contributed by atoms with Crippen LogP contribution in [0.3, 0.4) is 0 Å². The maximum Gasteiger partial charge on any atom is 0.219 e. The summed E-state index contributed by atoms with van der Waals surface area (Å²) in [5.74, 6) is 0. The van der Waals surface area contributed by atoms with Gasteiger partial charge in [0.15, 0.2) is 0 Å². The third kappa shape index (κ3) is 0.902. The van der Waals surface area contributed by atoms with Gasteiger partial charge in [-0.05, 0) is 6.92 Å². The van der Waals surface area contributed by atoms with Crippen LogP contribution in [0.15, 0.2) is 4.52 Å². The van der Waals surface area contributed by atoms with E-state index in [2.05, 4.69) is 14.9 Å². The van der Waals surface area contributed by atoms with Gasteiger partial charge in [-0.25, -0.2) is 0 Å². The van der Waals surface area contributed by atoms with E-state index in [9.17, 15) is 0 Å². The molecule has 0 aromatic carbocycles. The SMILES string of the molecule is Cc1nnoc1I. The largest absolute Gasteiger partial charge is 0.331 e. The van der Waals surface area contributed by atoms with Crippen molar-refractivity contribution in [2.45, 2.75) is 6.92 Å². The Morgan fingerprint density at radius 1 is 1.71 bits per heavy atom. The molecule has 38 valence electrons. The molecule has 0 spiro atoms. The molecule has 0 aliphatic heterocycles. The first-order chi connectivity index (χ1) is 3.30. The van der Waals surface area contributed by atoms with Crippen LogP contribution in [-0.2, 0) is 0 Å². The average Bonchev–Trinajstić information content (AvgIpc) is 1.91. The summed E-state index contributed by atoms with van der Waals surface area (Å²) >= 11 is 2.03. The summed E-state index contributed by atoms with van der Waals surface area (Å²) in [5.41, 5.74) is 0.848. The maximum absolute atomic E-state index is 4.59. The molecule has 0 atom stereocenters. The van der Waals surface area contributed by atoms with Crippen LogP contribution in [0.5, 0.6) is 0 Å². The summed E-state index contributed by atoms with van der Waals surface area (Å²) in [5, 5.41) is 6.88. The quantitative estimate of drug-likeness (QED) is 0.599. The lowest BCUT2D eigenvalue weighted by atomic mass is 10.6. The lowest BCUT2D eigenvalue weighted by Crippen LogP contribution is -1.69. The molecule has 0 saturated carbocycles. The fourth-order valence-corrected chi connectivity index (χ4v) is 0.419. The van der Waals surface area contributed by atoms with Crippen LogP contribution in [0.25, 0.3) is 0 Å². The first-order valence-corrected chi connectivity index (χ1v) is 2.83. The Morgan fingerprint density at radius 3 is 2.57 bits per heavy atom. The molecule has 1 heterocycles. The normalized spacial score (nSPS) is 9.43. The van der Waals surface area contributed by atoms with Crippen molar-refractivity contribution in [1.82, 2.24) is 10.4 Å². The number of aromatic nitrogens is 2. The highest BCUT2D eigenvalue weighted by Gasteiger charge is 1.95. The summed E-state index contributed by atoms with van der Waals surface area (Å²) in [6, 6.07) is 0. The fourth-order valence-electron chi connectivity index (χ4n) is 0.223. The predicted octanol–water partition coefficient (Wildman–Crippen LogP) is 0.983. The van der Waals surface area contributed by atoms with E-state index in [4.69, 9.17) is 0 Å². The zero-order valence-corrected chi connectivity index (χ0v) is 5.84. The van der Waals surface area contributed by atoms with Crippen molar-refractivity contribution in [1.29, 1.82) is 0 Å². The molecule has 3 nitrogen and oxygen atoms in total. The minimum absolute atomic E-state index is 0.762. The van der Waals surface area contributed by atoms with Crippen LogP contribution in [0.2, 0.25) is 0 Å². The summed E-state index contributed by atoms with van der Waals surface area (Å²) in [7, 11) is 0. The zero-order chi connectivity index (χ0) is 5.28. The Bertz CT molecular complexity index is 145. The Morgan fingerprint density at radius 2 is 2.43 bits per heavy atom. The van der Waals surface area contributed by atoms with E-state index in [-0.39, 0.29) is 0 Å². The topological polar surface area (TPSA) is 38.9 Å². The first-order valence-electron chi connectivity index (χ1n) is 1.75. The smallest absolute Gasteiger partial charge is 0.219 e. The molecule has 1 rings (SSSR count). The van der Waals surface area contributed by atoms with Crippen molar-refractivity contribution in [3.05, 3.63) is 9.46 Å². The zero-order valence-electron chi connectivity index (χ0n) is 3.68. The summed E-state index contributed by atoms with van der Waals surface area (Å²) in [6.45, 7) is 1.85. The number of nitrogens with zero attached hydrogens (tertiary/aromatic N) is 2. The van der Waals surface area contributed by atoms with Gasteiger partial charge in [-0.2, -0.15) is 0 Å². The van der Waals surface area contributed by atoms with Gasteiger partial charge in [0.1, 0.15) is 5.69 Å². The number of hydrogen-bond donors (Lipinski definition) is 0. The van der Waals surface area contributed by atoms with Gasteiger partial charge in [0.05, 0.1) is 0 Å². The molecule has 4 heteroatoms. The molecule has 0 aliphatic rings. The van der Waals surface area contributed by atoms with Gasteiger partial charge in [-0.3, -0.25) is 0 Å². The van der Waals surface area contributed by atoms with Gasteiger partial charge in [0.25, 0.3) is 0 Å². The van der Waals surface area contributed by atoms with Crippen LogP contribution in [-0.4, -0.2) is 10.4 Å². The molecule has 0 radical (unpaired) electrons. The van der Waals surface area contributed by atoms with Crippen molar-refractivity contribution < 1.29 is 4.52 Å². The molecule has 0 N–H and O–H groups in total. The van der Waals surface area contributed by atoms with E-state index in [1.165, 1.54) is 0 Å². The second kappa shape index (κ2) is 1.77. The number of aryl methyl sites for hydroxylation is 1. The van der Waals surface area contributed by atoms with Gasteiger partial charge in [-0.1, -0.05) is 0 Å². The minimum Gasteiger partial charge on any atom is -0.331 e. The average molecular weight is 210 g/mol. The van der Waals surface area contributed by atoms with Crippen LogP contribution < -0.4 is 0 Å². The molecule has 0 saturated heterocycles. The van der Waals surface area contributed by atoms with Crippen molar-refractivity contribution in [3.63, 3.8) is 0 Å². The van der Waals surface area contributed by atoms with Gasteiger partial charge < -0.3 is 4.52 Å². The van der Waals surface area contributed by atoms with Gasteiger partial charge >= 0.3 is 0 Å². The van der Waals surface area contributed by atoms with Gasteiger partial charge in [-0.15, -0.1) is 5.10 Å². The lowest BCUT2D eigenvalue weighted by Gasteiger charge is -1.70. The van der Waals surface area contributed by atoms with Crippen LogP contribution in [0.4, 0.5) is 0 Å². The highest BCUT2D eigenvalue weighted by molar-refractivity contribution is 14.1. The Balaban J connectivity index is 3.12. The highest BCUT2D eigenvalue weighted by atomic mass is 127. The first kappa shape index (κ1) is 5.02. The highest BCUT2D eigenvalue weighted by Crippen LogP contribution is 2.03. The summed E-state index contributed by atoms with van der Waals surface area (Å²) in [6.07, 6.45) is 0. The summed E-state index contributed by atoms with van der Waals surface area (Å²) < 4.78 is 5.35. The number of halogens is 1. The molecule has 0 fully saturated rings. The monoisotopic (exact) mass is 210 g/mol. The number of rotatable bonds is 0. The van der Waals surface area contributed by atoms with Crippen LogP contribution in [0.1, 0.15) is 5.69 Å². The van der Waals surface area contributed by atoms with E-state index >= 15 is 0 Å². The van der Waals surface area contributed by atoms with Crippen molar-refractivity contribution >= 4 is 22.6 Å². The molecule has 0 amide bonds. The molecule has 7 heavy (non-hydrogen) atoms. The lowest BCUT2D eigenvalue weighted by molar-refractivity contribution is 0.373. The minimum atomic E-state index is 0.762. The second-order valence-corrected chi connectivity index (χ2v) is 2.11. The third-order valence-electron chi connectivity index (χ3n) is 0.596. The molecular weight excluding hydrogens is 207 g/mol. The van der Waals surface area contributed by atoms with Crippen LogP contribution in [0, 0.1) is 10.7 Å². The number of hydrogen-bond acceptors (Lipinski definition) is 3. The second-order valence-electron chi connectivity index (χ2n) is 1.13. The van der Waals surface area contributed by atoms with Crippen molar-refractivity contribution in [2.24, 2.45) is 0 Å². The van der Waals surface area contributed by atoms with Gasteiger partial charge in [0, 0.05) is 27.9 Å². The van der Waals surface area contributed by atoms with Crippen LogP contribution >= 0.6 is 22.6 Å². The van der Waals surface area contributed by atoms with E-state index in [1.54, 1.807) is 0 Å².